The number of hydrogen-bond acceptors (Lipinski definition) is 2. The third kappa shape index (κ3) is 2.88. The minimum Gasteiger partial charge on any atom is -0.465 e. The zero-order valence-corrected chi connectivity index (χ0v) is 11.4. The van der Waals surface area contributed by atoms with Crippen molar-refractivity contribution in [2.24, 2.45) is 0 Å². The minimum absolute atomic E-state index is 0.230. The Morgan fingerprint density at radius 1 is 1.11 bits per heavy atom. The molecule has 0 saturated carbocycles. The molecule has 0 heterocycles. The Morgan fingerprint density at radius 2 is 1.84 bits per heavy atom. The first-order valence-electron chi connectivity index (χ1n) is 5.36. The van der Waals surface area contributed by atoms with Crippen LogP contribution in [0.3, 0.4) is 0 Å². The monoisotopic (exact) mass is 298 g/mol. The van der Waals surface area contributed by atoms with Gasteiger partial charge in [0.2, 0.25) is 0 Å². The lowest BCUT2D eigenvalue weighted by atomic mass is 9.99. The van der Waals surface area contributed by atoms with E-state index in [1.807, 2.05) is 0 Å². The lowest BCUT2D eigenvalue weighted by Crippen LogP contribution is -2.04. The number of hydrogen-bond donors (Lipinski definition) is 0. The Labute approximate surface area is 119 Å². The normalized spacial score (nSPS) is 10.3. The lowest BCUT2D eigenvalue weighted by molar-refractivity contribution is 0.0601. The number of methoxy groups -OCH3 is 1. The predicted octanol–water partition coefficient (Wildman–Crippen LogP) is 4.59. The Bertz CT molecular complexity index is 641. The van der Waals surface area contributed by atoms with E-state index in [0.717, 1.165) is 0 Å². The van der Waals surface area contributed by atoms with Gasteiger partial charge in [-0.25, -0.2) is 9.18 Å². The average molecular weight is 299 g/mol. The summed E-state index contributed by atoms with van der Waals surface area (Å²) in [5.74, 6) is -1.04. The quantitative estimate of drug-likeness (QED) is 0.758. The first kappa shape index (κ1) is 13.8. The second-order valence-electron chi connectivity index (χ2n) is 3.81. The van der Waals surface area contributed by atoms with Gasteiger partial charge in [0.05, 0.1) is 12.7 Å². The van der Waals surface area contributed by atoms with E-state index in [4.69, 9.17) is 23.2 Å². The van der Waals surface area contributed by atoms with Crippen molar-refractivity contribution in [1.29, 1.82) is 0 Å². The van der Waals surface area contributed by atoms with Crippen LogP contribution in [-0.4, -0.2) is 13.1 Å². The molecular formula is C14H9Cl2FO2. The van der Waals surface area contributed by atoms with E-state index in [0.29, 0.717) is 21.2 Å². The molecule has 5 heteroatoms. The van der Waals surface area contributed by atoms with Crippen molar-refractivity contribution in [1.82, 2.24) is 0 Å². The highest BCUT2D eigenvalue weighted by atomic mass is 35.5. The summed E-state index contributed by atoms with van der Waals surface area (Å²) in [6.45, 7) is 0. The summed E-state index contributed by atoms with van der Waals surface area (Å²) in [4.78, 5) is 11.7. The Morgan fingerprint density at radius 3 is 2.53 bits per heavy atom. The summed E-state index contributed by atoms with van der Waals surface area (Å²) in [5.41, 5.74) is 1.06. The molecule has 19 heavy (non-hydrogen) atoms. The standard InChI is InChI=1S/C14H9Cl2FO2/c1-19-14(18)10-4-3-9(17)7-11(10)12-6-8(15)2-5-13(12)16/h2-7H,1H3. The summed E-state index contributed by atoms with van der Waals surface area (Å²) in [6, 6.07) is 8.55. The molecule has 0 aliphatic carbocycles. The molecule has 0 aliphatic rings. The maximum absolute atomic E-state index is 13.4. The highest BCUT2D eigenvalue weighted by Gasteiger charge is 2.16. The molecule has 0 fully saturated rings. The van der Waals surface area contributed by atoms with Crippen LogP contribution in [0, 0.1) is 5.82 Å². The molecule has 0 aromatic heterocycles. The Balaban J connectivity index is 2.69. The number of halogens is 3. The molecule has 98 valence electrons. The summed E-state index contributed by atoms with van der Waals surface area (Å²) >= 11 is 12.0. The average Bonchev–Trinajstić information content (AvgIpc) is 2.40. The molecular weight excluding hydrogens is 290 g/mol. The minimum atomic E-state index is -0.564. The smallest absolute Gasteiger partial charge is 0.338 e. The van der Waals surface area contributed by atoms with Crippen LogP contribution in [0.5, 0.6) is 0 Å². The van der Waals surface area contributed by atoms with Gasteiger partial charge in [-0.2, -0.15) is 0 Å². The van der Waals surface area contributed by atoms with Crippen LogP contribution >= 0.6 is 23.2 Å². The van der Waals surface area contributed by atoms with Gasteiger partial charge in [-0.15, -0.1) is 0 Å². The number of rotatable bonds is 2. The van der Waals surface area contributed by atoms with Gasteiger partial charge in [0, 0.05) is 21.2 Å². The second-order valence-corrected chi connectivity index (χ2v) is 4.65. The summed E-state index contributed by atoms with van der Waals surface area (Å²) in [6.07, 6.45) is 0. The van der Waals surface area contributed by atoms with Crippen molar-refractivity contribution in [3.8, 4) is 11.1 Å². The van der Waals surface area contributed by atoms with Crippen LogP contribution in [0.25, 0.3) is 11.1 Å². The van der Waals surface area contributed by atoms with E-state index >= 15 is 0 Å². The van der Waals surface area contributed by atoms with Gasteiger partial charge in [-0.05, 0) is 36.4 Å². The topological polar surface area (TPSA) is 26.3 Å². The van der Waals surface area contributed by atoms with Gasteiger partial charge in [0.25, 0.3) is 0 Å². The maximum atomic E-state index is 13.4. The first-order valence-corrected chi connectivity index (χ1v) is 6.12. The van der Waals surface area contributed by atoms with E-state index < -0.39 is 11.8 Å². The third-order valence-electron chi connectivity index (χ3n) is 2.61. The number of carbonyl (C=O) groups is 1. The van der Waals surface area contributed by atoms with Gasteiger partial charge in [0.1, 0.15) is 5.82 Å². The molecule has 2 nitrogen and oxygen atoms in total. The van der Waals surface area contributed by atoms with Crippen LogP contribution in [0.1, 0.15) is 10.4 Å². The van der Waals surface area contributed by atoms with Crippen molar-refractivity contribution in [2.45, 2.75) is 0 Å². The fourth-order valence-electron chi connectivity index (χ4n) is 1.73. The van der Waals surface area contributed by atoms with Crippen LogP contribution in [0.4, 0.5) is 4.39 Å². The molecule has 0 saturated heterocycles. The van der Waals surface area contributed by atoms with Crippen molar-refractivity contribution >= 4 is 29.2 Å². The molecule has 2 aromatic carbocycles. The molecule has 0 spiro atoms. The number of carbonyl (C=O) groups excluding carboxylic acids is 1. The van der Waals surface area contributed by atoms with Crippen molar-refractivity contribution in [3.05, 3.63) is 57.8 Å². The van der Waals surface area contributed by atoms with Gasteiger partial charge in [0.15, 0.2) is 0 Å². The number of ether oxygens (including phenoxy) is 1. The summed E-state index contributed by atoms with van der Waals surface area (Å²) < 4.78 is 18.1. The largest absolute Gasteiger partial charge is 0.465 e. The second kappa shape index (κ2) is 5.59. The Hall–Kier alpha value is -1.58. The van der Waals surface area contributed by atoms with E-state index in [-0.39, 0.29) is 5.56 Å². The number of benzene rings is 2. The highest BCUT2D eigenvalue weighted by Crippen LogP contribution is 2.33. The van der Waals surface area contributed by atoms with Crippen molar-refractivity contribution < 1.29 is 13.9 Å². The molecule has 0 N–H and O–H groups in total. The molecule has 0 radical (unpaired) electrons. The van der Waals surface area contributed by atoms with Crippen LogP contribution < -0.4 is 0 Å². The third-order valence-corrected chi connectivity index (χ3v) is 3.17. The SMILES string of the molecule is COC(=O)c1ccc(F)cc1-c1cc(Cl)ccc1Cl. The molecule has 0 atom stereocenters. The Kier molecular flexibility index (Phi) is 4.08. The molecule has 0 amide bonds. The van der Waals surface area contributed by atoms with Gasteiger partial charge >= 0.3 is 5.97 Å². The van der Waals surface area contributed by atoms with Gasteiger partial charge in [-0.3, -0.25) is 0 Å². The zero-order chi connectivity index (χ0) is 14.0. The van der Waals surface area contributed by atoms with E-state index in [1.54, 1.807) is 18.2 Å². The lowest BCUT2D eigenvalue weighted by Gasteiger charge is -2.10. The molecule has 0 aliphatic heterocycles. The van der Waals surface area contributed by atoms with Crippen molar-refractivity contribution in [3.63, 3.8) is 0 Å². The van der Waals surface area contributed by atoms with Gasteiger partial charge < -0.3 is 4.74 Å². The first-order chi connectivity index (χ1) is 9.02. The number of esters is 1. The van der Waals surface area contributed by atoms with Crippen molar-refractivity contribution in [2.75, 3.05) is 7.11 Å². The highest BCUT2D eigenvalue weighted by molar-refractivity contribution is 6.35. The molecule has 0 bridgehead atoms. The molecule has 2 aromatic rings. The van der Waals surface area contributed by atoms with Crippen LogP contribution in [-0.2, 0) is 4.74 Å². The fourth-order valence-corrected chi connectivity index (χ4v) is 2.12. The van der Waals surface area contributed by atoms with Gasteiger partial charge in [-0.1, -0.05) is 23.2 Å². The molecule has 2 rings (SSSR count). The molecule has 0 unspecified atom stereocenters. The summed E-state index contributed by atoms with van der Waals surface area (Å²) in [5, 5.41) is 0.819. The fraction of sp³-hybridized carbons (Fsp3) is 0.0714. The maximum Gasteiger partial charge on any atom is 0.338 e. The van der Waals surface area contributed by atoms with E-state index in [2.05, 4.69) is 4.74 Å². The van der Waals surface area contributed by atoms with E-state index in [9.17, 15) is 9.18 Å². The summed E-state index contributed by atoms with van der Waals surface area (Å²) in [7, 11) is 1.26. The van der Waals surface area contributed by atoms with Crippen LogP contribution in [0.15, 0.2) is 36.4 Å². The van der Waals surface area contributed by atoms with Crippen LogP contribution in [0.2, 0.25) is 10.0 Å². The predicted molar refractivity (Wildman–Crippen MR) is 73.2 cm³/mol. The van der Waals surface area contributed by atoms with E-state index in [1.165, 1.54) is 25.3 Å². The zero-order valence-electron chi connectivity index (χ0n) is 9.91.